The van der Waals surface area contributed by atoms with Gasteiger partial charge in [0.1, 0.15) is 5.75 Å². The van der Waals surface area contributed by atoms with Gasteiger partial charge in [-0.1, -0.05) is 12.1 Å². The van der Waals surface area contributed by atoms with Gasteiger partial charge in [-0.3, -0.25) is 4.68 Å². The minimum absolute atomic E-state index is 0.202. The maximum atomic E-state index is 12.0. The van der Waals surface area contributed by atoms with Gasteiger partial charge in [0.2, 0.25) is 0 Å². The summed E-state index contributed by atoms with van der Waals surface area (Å²) in [7, 11) is 1.68. The maximum Gasteiger partial charge on any atom is 0.573 e. The summed E-state index contributed by atoms with van der Waals surface area (Å²) < 4.78 is 41.3. The average Bonchev–Trinajstić information content (AvgIpc) is 2.69. The highest BCUT2D eigenvalue weighted by atomic mass is 19.4. The number of aromatic nitrogens is 2. The van der Waals surface area contributed by atoms with Crippen LogP contribution in [0.5, 0.6) is 5.75 Å². The van der Waals surface area contributed by atoms with Crippen LogP contribution in [-0.4, -0.2) is 21.2 Å². The molecule has 0 bridgehead atoms. The second kappa shape index (κ2) is 4.93. The first kappa shape index (κ1) is 13.4. The molecule has 0 atom stereocenters. The van der Waals surface area contributed by atoms with Crippen molar-refractivity contribution in [1.29, 1.82) is 0 Å². The molecule has 0 spiro atoms. The SMILES string of the molecule is Cn1ncc(-c2ccc(OC(F)(F)F)cc2)c1CO. The van der Waals surface area contributed by atoms with E-state index in [0.717, 1.165) is 0 Å². The highest BCUT2D eigenvalue weighted by Gasteiger charge is 2.31. The van der Waals surface area contributed by atoms with E-state index in [9.17, 15) is 18.3 Å². The van der Waals surface area contributed by atoms with Crippen LogP contribution < -0.4 is 4.74 Å². The molecule has 0 saturated heterocycles. The molecule has 19 heavy (non-hydrogen) atoms. The van der Waals surface area contributed by atoms with Crippen molar-refractivity contribution in [2.24, 2.45) is 7.05 Å². The van der Waals surface area contributed by atoms with E-state index in [1.54, 1.807) is 13.2 Å². The molecule has 2 rings (SSSR count). The molecule has 4 nitrogen and oxygen atoms in total. The Bertz CT molecular complexity index is 561. The second-order valence-corrected chi connectivity index (χ2v) is 3.86. The summed E-state index contributed by atoms with van der Waals surface area (Å²) in [6.45, 7) is -0.202. The average molecular weight is 272 g/mol. The molecule has 2 aromatic rings. The highest BCUT2D eigenvalue weighted by molar-refractivity contribution is 5.66. The second-order valence-electron chi connectivity index (χ2n) is 3.86. The molecule has 0 fully saturated rings. The van der Waals surface area contributed by atoms with Gasteiger partial charge in [0.05, 0.1) is 18.5 Å². The predicted molar refractivity (Wildman–Crippen MR) is 61.2 cm³/mol. The number of hydrogen-bond acceptors (Lipinski definition) is 3. The number of aliphatic hydroxyl groups excluding tert-OH is 1. The largest absolute Gasteiger partial charge is 0.573 e. The molecule has 7 heteroatoms. The Morgan fingerprint density at radius 2 is 1.89 bits per heavy atom. The summed E-state index contributed by atoms with van der Waals surface area (Å²) in [4.78, 5) is 0. The Morgan fingerprint density at radius 3 is 2.42 bits per heavy atom. The van der Waals surface area contributed by atoms with Crippen molar-refractivity contribution in [2.75, 3.05) is 0 Å². The van der Waals surface area contributed by atoms with Crippen molar-refractivity contribution < 1.29 is 23.0 Å². The molecule has 0 aliphatic rings. The molecule has 1 heterocycles. The van der Waals surface area contributed by atoms with Gasteiger partial charge >= 0.3 is 6.36 Å². The Kier molecular flexibility index (Phi) is 3.48. The summed E-state index contributed by atoms with van der Waals surface area (Å²) in [6.07, 6.45) is -3.16. The molecule has 0 aliphatic carbocycles. The van der Waals surface area contributed by atoms with Crippen LogP contribution in [-0.2, 0) is 13.7 Å². The van der Waals surface area contributed by atoms with E-state index < -0.39 is 6.36 Å². The lowest BCUT2D eigenvalue weighted by Crippen LogP contribution is -2.16. The van der Waals surface area contributed by atoms with Crippen LogP contribution >= 0.6 is 0 Å². The predicted octanol–water partition coefficient (Wildman–Crippen LogP) is 2.48. The van der Waals surface area contributed by atoms with Gasteiger partial charge in [0, 0.05) is 12.6 Å². The summed E-state index contributed by atoms with van der Waals surface area (Å²) >= 11 is 0. The number of ether oxygens (including phenoxy) is 1. The van der Waals surface area contributed by atoms with Gasteiger partial charge in [0.25, 0.3) is 0 Å². The van der Waals surface area contributed by atoms with E-state index in [2.05, 4.69) is 9.84 Å². The lowest BCUT2D eigenvalue weighted by molar-refractivity contribution is -0.274. The summed E-state index contributed by atoms with van der Waals surface area (Å²) in [6, 6.07) is 5.41. The maximum absolute atomic E-state index is 12.0. The first-order chi connectivity index (χ1) is 8.90. The number of halogens is 3. The zero-order chi connectivity index (χ0) is 14.0. The minimum atomic E-state index is -4.70. The van der Waals surface area contributed by atoms with E-state index >= 15 is 0 Å². The Labute approximate surface area is 107 Å². The number of aliphatic hydroxyl groups is 1. The summed E-state index contributed by atoms with van der Waals surface area (Å²) in [5, 5.41) is 13.2. The van der Waals surface area contributed by atoms with Crippen molar-refractivity contribution in [1.82, 2.24) is 9.78 Å². The number of aryl methyl sites for hydroxylation is 1. The van der Waals surface area contributed by atoms with Crippen LogP contribution in [0.1, 0.15) is 5.69 Å². The first-order valence-corrected chi connectivity index (χ1v) is 5.38. The number of benzene rings is 1. The summed E-state index contributed by atoms with van der Waals surface area (Å²) in [5.74, 6) is -0.286. The number of alkyl halides is 3. The van der Waals surface area contributed by atoms with Crippen LogP contribution in [0.4, 0.5) is 13.2 Å². The van der Waals surface area contributed by atoms with Crippen LogP contribution in [0, 0.1) is 0 Å². The molecule has 0 aliphatic heterocycles. The van der Waals surface area contributed by atoms with E-state index in [1.807, 2.05) is 0 Å². The zero-order valence-corrected chi connectivity index (χ0v) is 9.98. The van der Waals surface area contributed by atoms with Gasteiger partial charge < -0.3 is 9.84 Å². The molecule has 0 amide bonds. The fourth-order valence-electron chi connectivity index (χ4n) is 1.73. The quantitative estimate of drug-likeness (QED) is 0.933. The van der Waals surface area contributed by atoms with E-state index in [4.69, 9.17) is 0 Å². The third kappa shape index (κ3) is 3.05. The van der Waals surface area contributed by atoms with Gasteiger partial charge in [-0.2, -0.15) is 5.10 Å². The topological polar surface area (TPSA) is 47.3 Å². The van der Waals surface area contributed by atoms with Crippen molar-refractivity contribution >= 4 is 0 Å². The number of nitrogens with zero attached hydrogens (tertiary/aromatic N) is 2. The molecular weight excluding hydrogens is 261 g/mol. The molecule has 1 aromatic carbocycles. The van der Waals surface area contributed by atoms with Crippen molar-refractivity contribution in [3.8, 4) is 16.9 Å². The number of rotatable bonds is 3. The van der Waals surface area contributed by atoms with Crippen LogP contribution in [0.2, 0.25) is 0 Å². The molecule has 1 aromatic heterocycles. The fourth-order valence-corrected chi connectivity index (χ4v) is 1.73. The first-order valence-electron chi connectivity index (χ1n) is 5.38. The van der Waals surface area contributed by atoms with Crippen LogP contribution in [0.15, 0.2) is 30.5 Å². The lowest BCUT2D eigenvalue weighted by atomic mass is 10.1. The van der Waals surface area contributed by atoms with Gasteiger partial charge in [0.15, 0.2) is 0 Å². The smallest absolute Gasteiger partial charge is 0.406 e. The fraction of sp³-hybridized carbons (Fsp3) is 0.250. The van der Waals surface area contributed by atoms with Crippen molar-refractivity contribution in [3.05, 3.63) is 36.2 Å². The zero-order valence-electron chi connectivity index (χ0n) is 9.98. The Morgan fingerprint density at radius 1 is 1.26 bits per heavy atom. The standard InChI is InChI=1S/C12H11F3N2O2/c1-17-11(7-18)10(6-16-17)8-2-4-9(5-3-8)19-12(13,14)15/h2-6,18H,7H2,1H3. The molecule has 102 valence electrons. The molecule has 0 radical (unpaired) electrons. The molecular formula is C12H11F3N2O2. The lowest BCUT2D eigenvalue weighted by Gasteiger charge is -2.09. The molecule has 0 saturated carbocycles. The molecule has 0 unspecified atom stereocenters. The van der Waals surface area contributed by atoms with Crippen LogP contribution in [0.3, 0.4) is 0 Å². The van der Waals surface area contributed by atoms with Gasteiger partial charge in [-0.05, 0) is 17.7 Å². The van der Waals surface area contributed by atoms with Crippen molar-refractivity contribution in [2.45, 2.75) is 13.0 Å². The third-order valence-corrected chi connectivity index (χ3v) is 2.61. The normalized spacial score (nSPS) is 11.6. The molecule has 1 N–H and O–H groups in total. The van der Waals surface area contributed by atoms with E-state index in [0.29, 0.717) is 16.8 Å². The number of hydrogen-bond donors (Lipinski definition) is 1. The third-order valence-electron chi connectivity index (χ3n) is 2.61. The van der Waals surface area contributed by atoms with E-state index in [1.165, 1.54) is 28.9 Å². The van der Waals surface area contributed by atoms with Crippen LogP contribution in [0.25, 0.3) is 11.1 Å². The van der Waals surface area contributed by atoms with E-state index in [-0.39, 0.29) is 12.4 Å². The van der Waals surface area contributed by atoms with Gasteiger partial charge in [-0.25, -0.2) is 0 Å². The minimum Gasteiger partial charge on any atom is -0.406 e. The van der Waals surface area contributed by atoms with Gasteiger partial charge in [-0.15, -0.1) is 13.2 Å². The van der Waals surface area contributed by atoms with Crippen molar-refractivity contribution in [3.63, 3.8) is 0 Å². The Hall–Kier alpha value is -2.02. The summed E-state index contributed by atoms with van der Waals surface area (Å²) in [5.41, 5.74) is 1.92. The monoisotopic (exact) mass is 272 g/mol. The Balaban J connectivity index is 2.27. The highest BCUT2D eigenvalue weighted by Crippen LogP contribution is 2.28.